The Balaban J connectivity index is 1.64. The molecule has 0 saturated heterocycles. The summed E-state index contributed by atoms with van der Waals surface area (Å²) in [6.07, 6.45) is 2.88. The number of halogens is 1. The predicted octanol–water partition coefficient (Wildman–Crippen LogP) is 4.57. The van der Waals surface area contributed by atoms with E-state index in [4.69, 9.17) is 17.3 Å². The SMILES string of the molecule is CC(O)(CO)c1ccnc(-c2cccc3cc([C@H](NS(=O)(=O)C4CC4)c4cc(N)ccc4Cl)sc23)c1. The quantitative estimate of drug-likeness (QED) is 0.241. The Bertz CT molecular complexity index is 1550. The van der Waals surface area contributed by atoms with E-state index in [1.807, 2.05) is 24.3 Å². The van der Waals surface area contributed by atoms with Gasteiger partial charge < -0.3 is 15.9 Å². The maximum atomic E-state index is 13.0. The minimum Gasteiger partial charge on any atom is -0.399 e. The molecule has 2 heterocycles. The summed E-state index contributed by atoms with van der Waals surface area (Å²) in [4.78, 5) is 5.27. The largest absolute Gasteiger partial charge is 0.399 e. The average molecular weight is 544 g/mol. The molecule has 7 nitrogen and oxygen atoms in total. The minimum absolute atomic E-state index is 0.393. The lowest BCUT2D eigenvalue weighted by Gasteiger charge is -2.21. The van der Waals surface area contributed by atoms with Crippen LogP contribution in [0.25, 0.3) is 21.3 Å². The normalized spacial score (nSPS) is 16.7. The summed E-state index contributed by atoms with van der Waals surface area (Å²) in [5.41, 5.74) is 7.73. The van der Waals surface area contributed by atoms with Crippen LogP contribution >= 0.6 is 22.9 Å². The fourth-order valence-electron chi connectivity index (χ4n) is 4.13. The first kappa shape index (κ1) is 25.1. The van der Waals surface area contributed by atoms with Gasteiger partial charge in [0.1, 0.15) is 5.60 Å². The van der Waals surface area contributed by atoms with Gasteiger partial charge in [-0.2, -0.15) is 0 Å². The summed E-state index contributed by atoms with van der Waals surface area (Å²) < 4.78 is 29.7. The maximum absolute atomic E-state index is 13.0. The minimum atomic E-state index is -3.54. The van der Waals surface area contributed by atoms with Gasteiger partial charge in [-0.1, -0.05) is 29.8 Å². The summed E-state index contributed by atoms with van der Waals surface area (Å²) in [5.74, 6) is 0. The Morgan fingerprint density at radius 2 is 2.00 bits per heavy atom. The molecule has 5 rings (SSSR count). The van der Waals surface area contributed by atoms with Gasteiger partial charge in [0, 0.05) is 32.0 Å². The molecule has 0 amide bonds. The molecule has 2 aromatic heterocycles. The first-order valence-electron chi connectivity index (χ1n) is 11.5. The van der Waals surface area contributed by atoms with E-state index in [1.165, 1.54) is 11.3 Å². The molecule has 4 aromatic rings. The summed E-state index contributed by atoms with van der Waals surface area (Å²) in [5, 5.41) is 21.1. The third-order valence-electron chi connectivity index (χ3n) is 6.39. The van der Waals surface area contributed by atoms with Gasteiger partial charge in [-0.25, -0.2) is 13.1 Å². The maximum Gasteiger partial charge on any atom is 0.215 e. The van der Waals surface area contributed by atoms with Gasteiger partial charge >= 0.3 is 0 Å². The third-order valence-corrected chi connectivity index (χ3v) is 9.90. The predicted molar refractivity (Wildman–Crippen MR) is 144 cm³/mol. The topological polar surface area (TPSA) is 126 Å². The summed E-state index contributed by atoms with van der Waals surface area (Å²) in [7, 11) is -3.54. The van der Waals surface area contributed by atoms with Crippen LogP contribution in [-0.2, 0) is 15.6 Å². The van der Waals surface area contributed by atoms with Gasteiger partial charge in [-0.3, -0.25) is 4.98 Å². The lowest BCUT2D eigenvalue weighted by molar-refractivity contribution is -0.00230. The van der Waals surface area contributed by atoms with Crippen molar-refractivity contribution in [3.8, 4) is 11.3 Å². The summed E-state index contributed by atoms with van der Waals surface area (Å²) >= 11 is 7.97. The van der Waals surface area contributed by atoms with Crippen molar-refractivity contribution in [2.24, 2.45) is 0 Å². The number of aliphatic hydroxyl groups excluding tert-OH is 1. The highest BCUT2D eigenvalue weighted by atomic mass is 35.5. The summed E-state index contributed by atoms with van der Waals surface area (Å²) in [6.45, 7) is 1.12. The van der Waals surface area contributed by atoms with Crippen molar-refractivity contribution in [1.82, 2.24) is 9.71 Å². The van der Waals surface area contributed by atoms with Crippen LogP contribution in [0.4, 0.5) is 5.69 Å². The molecule has 2 aromatic carbocycles. The zero-order valence-corrected chi connectivity index (χ0v) is 21.9. The van der Waals surface area contributed by atoms with Crippen molar-refractivity contribution in [2.75, 3.05) is 12.3 Å². The van der Waals surface area contributed by atoms with Gasteiger partial charge in [-0.15, -0.1) is 11.3 Å². The van der Waals surface area contributed by atoms with Crippen LogP contribution < -0.4 is 10.5 Å². The number of hydrogen-bond donors (Lipinski definition) is 4. The molecule has 0 bridgehead atoms. The molecule has 1 aliphatic carbocycles. The number of thiophene rings is 1. The van der Waals surface area contributed by atoms with E-state index in [2.05, 4.69) is 9.71 Å². The lowest BCUT2D eigenvalue weighted by atomic mass is 9.96. The van der Waals surface area contributed by atoms with Crippen molar-refractivity contribution in [3.63, 3.8) is 0 Å². The molecule has 1 fully saturated rings. The van der Waals surface area contributed by atoms with Crippen molar-refractivity contribution in [1.29, 1.82) is 0 Å². The van der Waals surface area contributed by atoms with Crippen molar-refractivity contribution >= 4 is 48.7 Å². The molecule has 36 heavy (non-hydrogen) atoms. The van der Waals surface area contributed by atoms with E-state index in [1.54, 1.807) is 43.5 Å². The van der Waals surface area contributed by atoms with E-state index in [0.717, 1.165) is 20.5 Å². The van der Waals surface area contributed by atoms with E-state index in [9.17, 15) is 18.6 Å². The molecule has 1 saturated carbocycles. The molecule has 0 spiro atoms. The van der Waals surface area contributed by atoms with Crippen LogP contribution in [-0.4, -0.2) is 35.5 Å². The summed E-state index contributed by atoms with van der Waals surface area (Å²) in [6, 6.07) is 15.5. The number of hydrogen-bond acceptors (Lipinski definition) is 7. The van der Waals surface area contributed by atoms with Gasteiger partial charge in [0.2, 0.25) is 10.0 Å². The molecule has 1 aliphatic rings. The van der Waals surface area contributed by atoms with Crippen molar-refractivity contribution in [3.05, 3.63) is 81.8 Å². The number of fused-ring (bicyclic) bond motifs is 1. The Morgan fingerprint density at radius 3 is 2.72 bits per heavy atom. The third kappa shape index (κ3) is 4.87. The molecule has 10 heteroatoms. The molecule has 0 aliphatic heterocycles. The Kier molecular flexibility index (Phi) is 6.57. The molecule has 5 N–H and O–H groups in total. The van der Waals surface area contributed by atoms with E-state index in [-0.39, 0.29) is 0 Å². The number of aromatic nitrogens is 1. The van der Waals surface area contributed by atoms with Gasteiger partial charge in [0.15, 0.2) is 0 Å². The Hall–Kier alpha value is -2.53. The van der Waals surface area contributed by atoms with Crippen LogP contribution in [0.2, 0.25) is 5.02 Å². The number of nitrogens with two attached hydrogens (primary N) is 1. The number of nitrogens with zero attached hydrogens (tertiary/aromatic N) is 1. The van der Waals surface area contributed by atoms with Crippen molar-refractivity contribution < 1.29 is 18.6 Å². The molecule has 1 unspecified atom stereocenters. The number of aliphatic hydroxyl groups is 2. The number of anilines is 1. The highest BCUT2D eigenvalue weighted by Gasteiger charge is 2.38. The highest BCUT2D eigenvalue weighted by Crippen LogP contribution is 2.41. The number of benzene rings is 2. The van der Waals surface area contributed by atoms with E-state index < -0.39 is 33.5 Å². The average Bonchev–Trinajstić information content (AvgIpc) is 3.64. The van der Waals surface area contributed by atoms with Crippen LogP contribution in [0, 0.1) is 0 Å². The smallest absolute Gasteiger partial charge is 0.215 e. The Labute approximate surface area is 218 Å². The van der Waals surface area contributed by atoms with E-state index in [0.29, 0.717) is 40.4 Å². The first-order valence-corrected chi connectivity index (χ1v) is 14.2. The van der Waals surface area contributed by atoms with Gasteiger partial charge in [0.25, 0.3) is 0 Å². The molecule has 188 valence electrons. The van der Waals surface area contributed by atoms with E-state index >= 15 is 0 Å². The second-order valence-corrected chi connectivity index (χ2v) is 12.8. The fourth-order valence-corrected chi connectivity index (χ4v) is 7.21. The van der Waals surface area contributed by atoms with Crippen LogP contribution in [0.15, 0.2) is 60.8 Å². The second-order valence-electron chi connectivity index (χ2n) is 9.31. The zero-order valence-electron chi connectivity index (χ0n) is 19.5. The van der Waals surface area contributed by atoms with Crippen LogP contribution in [0.5, 0.6) is 0 Å². The standard InChI is InChI=1S/C26H26ClN3O4S2/c1-26(32,14-31)16-9-10-29-22(12-16)19-4-2-3-15-11-23(35-25(15)19)24(30-36(33,34)18-6-7-18)20-13-17(28)5-8-21(20)27/h2-5,8-13,18,24,30-32H,6-7,14,28H2,1H3/t24-,26?/m1/s1. The highest BCUT2D eigenvalue weighted by molar-refractivity contribution is 7.90. The molecule has 0 radical (unpaired) electrons. The molecular weight excluding hydrogens is 518 g/mol. The van der Waals surface area contributed by atoms with Crippen LogP contribution in [0.3, 0.4) is 0 Å². The fraction of sp³-hybridized carbons (Fsp3) is 0.269. The van der Waals surface area contributed by atoms with Gasteiger partial charge in [0.05, 0.1) is 23.6 Å². The monoisotopic (exact) mass is 543 g/mol. The van der Waals surface area contributed by atoms with Gasteiger partial charge in [-0.05, 0) is 72.7 Å². The molecular formula is C26H26ClN3O4S2. The number of pyridine rings is 1. The Morgan fingerprint density at radius 1 is 1.22 bits per heavy atom. The number of nitrogens with one attached hydrogen (secondary N) is 1. The zero-order chi connectivity index (χ0) is 25.7. The lowest BCUT2D eigenvalue weighted by Crippen LogP contribution is -2.31. The number of rotatable bonds is 8. The number of sulfonamides is 1. The van der Waals surface area contributed by atoms with Crippen LogP contribution in [0.1, 0.15) is 41.8 Å². The molecule has 2 atom stereocenters. The van der Waals surface area contributed by atoms with Crippen molar-refractivity contribution in [2.45, 2.75) is 36.7 Å². The second kappa shape index (κ2) is 9.41. The first-order chi connectivity index (χ1) is 17.1. The number of nitrogen functional groups attached to an aromatic ring is 1.